The summed E-state index contributed by atoms with van der Waals surface area (Å²) in [5, 5.41) is 19.0. The summed E-state index contributed by atoms with van der Waals surface area (Å²) in [6.07, 6.45) is -2.28. The van der Waals surface area contributed by atoms with Crippen molar-refractivity contribution in [2.45, 2.75) is 6.43 Å². The fraction of sp³-hybridized carbons (Fsp3) is 0.0833. The molecule has 0 radical (unpaired) electrons. The number of benzene rings is 1. The molecule has 0 atom stereocenters. The number of nitro groups is 1. The van der Waals surface area contributed by atoms with Crippen molar-refractivity contribution in [2.24, 2.45) is 0 Å². The fourth-order valence-electron chi connectivity index (χ4n) is 1.71. The molecule has 0 aliphatic heterocycles. The van der Waals surface area contributed by atoms with Crippen molar-refractivity contribution in [3.8, 4) is 17.3 Å². The molecule has 0 fully saturated rings. The van der Waals surface area contributed by atoms with Crippen LogP contribution in [0.4, 0.5) is 18.9 Å². The highest BCUT2D eigenvalue weighted by molar-refractivity contribution is 6.33. The predicted octanol–water partition coefficient (Wildman–Crippen LogP) is 3.65. The number of rotatable bonds is 3. The first-order chi connectivity index (χ1) is 10.4. The van der Waals surface area contributed by atoms with Crippen molar-refractivity contribution in [2.75, 3.05) is 0 Å². The summed E-state index contributed by atoms with van der Waals surface area (Å²) in [7, 11) is 0. The highest BCUT2D eigenvalue weighted by Gasteiger charge is 2.24. The number of hydrogen-bond donors (Lipinski definition) is 0. The topological polar surface area (TPSA) is 92.7 Å². The van der Waals surface area contributed by atoms with Crippen LogP contribution in [-0.4, -0.2) is 14.9 Å². The van der Waals surface area contributed by atoms with Crippen LogP contribution in [0.3, 0.4) is 0 Å². The summed E-state index contributed by atoms with van der Waals surface area (Å²) in [6.45, 7) is 0. The molecule has 10 heteroatoms. The standard InChI is InChI=1S/C12H4ClF3N4O2/c13-9-10(18-4-19-11(9)12(15)16)6-2-8(20(21)22)5(3-17)1-7(6)14/h1-2,4,12H. The van der Waals surface area contributed by atoms with Crippen LogP contribution in [-0.2, 0) is 0 Å². The second-order valence-corrected chi connectivity index (χ2v) is 4.32. The largest absolute Gasteiger partial charge is 0.287 e. The Balaban J connectivity index is 2.74. The Morgan fingerprint density at radius 3 is 2.59 bits per heavy atom. The molecule has 0 spiro atoms. The molecule has 22 heavy (non-hydrogen) atoms. The normalized spacial score (nSPS) is 10.5. The molecule has 1 heterocycles. The van der Waals surface area contributed by atoms with Gasteiger partial charge in [0.15, 0.2) is 0 Å². The zero-order valence-electron chi connectivity index (χ0n) is 10.4. The Bertz CT molecular complexity index is 808. The Kier molecular flexibility index (Phi) is 4.23. The van der Waals surface area contributed by atoms with Crippen LogP contribution in [0.15, 0.2) is 18.5 Å². The van der Waals surface area contributed by atoms with Gasteiger partial charge in [-0.3, -0.25) is 10.1 Å². The minimum atomic E-state index is -3.02. The number of nitrogens with zero attached hydrogens (tertiary/aromatic N) is 4. The lowest BCUT2D eigenvalue weighted by molar-refractivity contribution is -0.385. The van der Waals surface area contributed by atoms with Gasteiger partial charge in [0.05, 0.1) is 15.6 Å². The van der Waals surface area contributed by atoms with E-state index in [0.717, 1.165) is 12.4 Å². The van der Waals surface area contributed by atoms with Gasteiger partial charge < -0.3 is 0 Å². The van der Waals surface area contributed by atoms with Gasteiger partial charge in [0.2, 0.25) is 0 Å². The van der Waals surface area contributed by atoms with Gasteiger partial charge in [-0.15, -0.1) is 0 Å². The van der Waals surface area contributed by atoms with Crippen LogP contribution >= 0.6 is 11.6 Å². The van der Waals surface area contributed by atoms with Gasteiger partial charge in [0, 0.05) is 11.6 Å². The third-order valence-electron chi connectivity index (χ3n) is 2.68. The highest BCUT2D eigenvalue weighted by Crippen LogP contribution is 2.36. The van der Waals surface area contributed by atoms with E-state index in [1.807, 2.05) is 0 Å². The summed E-state index contributed by atoms with van der Waals surface area (Å²) in [4.78, 5) is 16.9. The molecule has 6 nitrogen and oxygen atoms in total. The number of hydrogen-bond acceptors (Lipinski definition) is 5. The van der Waals surface area contributed by atoms with Crippen molar-refractivity contribution < 1.29 is 18.1 Å². The lowest BCUT2D eigenvalue weighted by Crippen LogP contribution is -2.00. The van der Waals surface area contributed by atoms with Crippen molar-refractivity contribution in [1.82, 2.24) is 9.97 Å². The van der Waals surface area contributed by atoms with Crippen LogP contribution in [0, 0.1) is 27.3 Å². The van der Waals surface area contributed by atoms with Crippen LogP contribution in [0.5, 0.6) is 0 Å². The van der Waals surface area contributed by atoms with Crippen molar-refractivity contribution >= 4 is 17.3 Å². The molecule has 0 bridgehead atoms. The minimum absolute atomic E-state index is 0.419. The zero-order valence-corrected chi connectivity index (χ0v) is 11.2. The SMILES string of the molecule is N#Cc1cc(F)c(-c2ncnc(C(F)F)c2Cl)cc1[N+](=O)[O-]. The number of nitriles is 1. The average molecular weight is 329 g/mol. The summed E-state index contributed by atoms with van der Waals surface area (Å²) in [5.41, 5.74) is -2.91. The fourth-order valence-corrected chi connectivity index (χ4v) is 1.99. The van der Waals surface area contributed by atoms with E-state index in [2.05, 4.69) is 9.97 Å². The van der Waals surface area contributed by atoms with Crippen LogP contribution < -0.4 is 0 Å². The lowest BCUT2D eigenvalue weighted by atomic mass is 10.1. The molecule has 1 aromatic carbocycles. The highest BCUT2D eigenvalue weighted by atomic mass is 35.5. The zero-order chi connectivity index (χ0) is 16.4. The molecule has 0 amide bonds. The molecule has 0 aliphatic carbocycles. The Morgan fingerprint density at radius 2 is 2.05 bits per heavy atom. The van der Waals surface area contributed by atoms with E-state index in [0.29, 0.717) is 6.07 Å². The summed E-state index contributed by atoms with van der Waals surface area (Å²) >= 11 is 5.71. The summed E-state index contributed by atoms with van der Waals surface area (Å²) in [5.74, 6) is -1.05. The van der Waals surface area contributed by atoms with Gasteiger partial charge >= 0.3 is 0 Å². The molecule has 2 rings (SSSR count). The molecular formula is C12H4ClF3N4O2. The molecule has 0 saturated carbocycles. The van der Waals surface area contributed by atoms with Gasteiger partial charge in [-0.2, -0.15) is 5.26 Å². The maximum Gasteiger partial charge on any atom is 0.287 e. The molecule has 0 saturated heterocycles. The number of alkyl halides is 2. The van der Waals surface area contributed by atoms with Gasteiger partial charge in [-0.1, -0.05) is 11.6 Å². The van der Waals surface area contributed by atoms with Crippen LogP contribution in [0.1, 0.15) is 17.7 Å². The molecule has 0 unspecified atom stereocenters. The molecule has 0 N–H and O–H groups in total. The Labute approximate surface area is 126 Å². The first-order valence-corrected chi connectivity index (χ1v) is 5.91. The third-order valence-corrected chi connectivity index (χ3v) is 3.05. The third kappa shape index (κ3) is 2.68. The molecule has 1 aromatic heterocycles. The van der Waals surface area contributed by atoms with E-state index < -0.39 is 50.4 Å². The van der Waals surface area contributed by atoms with Gasteiger partial charge in [-0.05, 0) is 6.07 Å². The number of nitro benzene ring substituents is 1. The first-order valence-electron chi connectivity index (χ1n) is 5.53. The molecular weight excluding hydrogens is 325 g/mol. The Hall–Kier alpha value is -2.73. The van der Waals surface area contributed by atoms with E-state index >= 15 is 0 Å². The minimum Gasteiger partial charge on any atom is -0.258 e. The van der Waals surface area contributed by atoms with Gasteiger partial charge in [0.25, 0.3) is 12.1 Å². The maximum absolute atomic E-state index is 14.0. The van der Waals surface area contributed by atoms with E-state index in [1.165, 1.54) is 6.07 Å². The van der Waals surface area contributed by atoms with Crippen molar-refractivity contribution in [1.29, 1.82) is 5.26 Å². The molecule has 0 aliphatic rings. The van der Waals surface area contributed by atoms with Gasteiger partial charge in [-0.25, -0.2) is 23.1 Å². The number of halogens is 4. The van der Waals surface area contributed by atoms with Crippen LogP contribution in [0.2, 0.25) is 5.02 Å². The smallest absolute Gasteiger partial charge is 0.258 e. The first kappa shape index (κ1) is 15.7. The van der Waals surface area contributed by atoms with Crippen LogP contribution in [0.25, 0.3) is 11.3 Å². The second-order valence-electron chi connectivity index (χ2n) is 3.94. The molecule has 112 valence electrons. The van der Waals surface area contributed by atoms with E-state index in [4.69, 9.17) is 16.9 Å². The quantitative estimate of drug-likeness (QED) is 0.633. The Morgan fingerprint density at radius 1 is 1.36 bits per heavy atom. The van der Waals surface area contributed by atoms with E-state index in [1.54, 1.807) is 0 Å². The predicted molar refractivity (Wildman–Crippen MR) is 68.8 cm³/mol. The average Bonchev–Trinajstić information content (AvgIpc) is 2.46. The number of aromatic nitrogens is 2. The van der Waals surface area contributed by atoms with E-state index in [-0.39, 0.29) is 0 Å². The van der Waals surface area contributed by atoms with E-state index in [9.17, 15) is 23.3 Å². The van der Waals surface area contributed by atoms with Crippen molar-refractivity contribution in [3.05, 3.63) is 50.7 Å². The summed E-state index contributed by atoms with van der Waals surface area (Å²) < 4.78 is 39.5. The molecule has 2 aromatic rings. The van der Waals surface area contributed by atoms with Gasteiger partial charge in [0.1, 0.15) is 29.5 Å². The lowest BCUT2D eigenvalue weighted by Gasteiger charge is -2.08. The summed E-state index contributed by atoms with van der Waals surface area (Å²) in [6, 6.07) is 2.81. The second kappa shape index (κ2) is 5.95. The monoisotopic (exact) mass is 328 g/mol. The maximum atomic E-state index is 14.0. The van der Waals surface area contributed by atoms with Crippen molar-refractivity contribution in [3.63, 3.8) is 0 Å².